The summed E-state index contributed by atoms with van der Waals surface area (Å²) >= 11 is 1.66. The average molecular weight is 499 g/mol. The van der Waals surface area contributed by atoms with Crippen molar-refractivity contribution in [3.8, 4) is 22.3 Å². The molecule has 9 heteroatoms. The molecule has 1 aromatic carbocycles. The summed E-state index contributed by atoms with van der Waals surface area (Å²) in [6, 6.07) is 8.50. The highest BCUT2D eigenvalue weighted by Gasteiger charge is 2.32. The van der Waals surface area contributed by atoms with E-state index in [1.54, 1.807) is 23.3 Å². The number of nitrogens with two attached hydrogens (primary N) is 1. The molecule has 3 aromatic heterocycles. The van der Waals surface area contributed by atoms with Crippen molar-refractivity contribution in [2.75, 3.05) is 25.9 Å². The van der Waals surface area contributed by atoms with Crippen LogP contribution in [-0.4, -0.2) is 45.5 Å². The molecular formula is C27H26N6O2S. The first-order valence-electron chi connectivity index (χ1n) is 12.1. The van der Waals surface area contributed by atoms with Crippen LogP contribution in [0, 0.1) is 24.2 Å². The largest absolute Gasteiger partial charge is 0.495 e. The average Bonchev–Trinajstić information content (AvgIpc) is 3.24. The zero-order chi connectivity index (χ0) is 25.0. The molecule has 1 amide bonds. The number of likely N-dealkylation sites (tertiary alicyclic amines) is 1. The lowest BCUT2D eigenvalue weighted by Crippen LogP contribution is -2.30. The Balaban J connectivity index is 1.39. The topological polar surface area (TPSA) is 110 Å². The second kappa shape index (κ2) is 8.64. The van der Waals surface area contributed by atoms with Crippen molar-refractivity contribution in [2.24, 2.45) is 5.92 Å². The molecule has 1 aliphatic heterocycles. The van der Waals surface area contributed by atoms with Crippen molar-refractivity contribution in [3.63, 3.8) is 0 Å². The number of carbonyl (C=O) groups is 1. The van der Waals surface area contributed by atoms with E-state index in [9.17, 15) is 10.1 Å². The number of aryl methyl sites for hydroxylation is 1. The number of benzene rings is 1. The quantitative estimate of drug-likeness (QED) is 0.311. The standard InChI is InChI=1S/C27H26N6O2S/c1-15-7-17-10-22(36-24(17)21(8-15)35-2)20-13-33(26-23(20)25(29)30-14-31-26)19-5-6-32(12-19)27(34)18(11-28)9-16-3-4-16/h7-10,13-14,16,19H,3-6,12H2,1-2H3,(H2,29,30,31). The van der Waals surface area contributed by atoms with Gasteiger partial charge < -0.3 is 19.9 Å². The highest BCUT2D eigenvalue weighted by atomic mass is 32.1. The van der Waals surface area contributed by atoms with Gasteiger partial charge in [0.05, 0.1) is 23.2 Å². The van der Waals surface area contributed by atoms with Crippen molar-refractivity contribution in [1.82, 2.24) is 19.4 Å². The number of nitriles is 1. The molecule has 1 saturated heterocycles. The van der Waals surface area contributed by atoms with E-state index in [1.807, 2.05) is 12.1 Å². The van der Waals surface area contributed by atoms with Crippen LogP contribution >= 0.6 is 11.3 Å². The van der Waals surface area contributed by atoms with E-state index in [4.69, 9.17) is 10.5 Å². The van der Waals surface area contributed by atoms with E-state index in [2.05, 4.69) is 45.9 Å². The van der Waals surface area contributed by atoms with Gasteiger partial charge in [-0.25, -0.2) is 9.97 Å². The number of nitrogen functional groups attached to an aromatic ring is 1. The Morgan fingerprint density at radius 2 is 2.11 bits per heavy atom. The van der Waals surface area contributed by atoms with Crippen LogP contribution in [0.5, 0.6) is 5.75 Å². The molecule has 1 saturated carbocycles. The van der Waals surface area contributed by atoms with Crippen molar-refractivity contribution < 1.29 is 9.53 Å². The number of fused-ring (bicyclic) bond motifs is 2. The number of amides is 1. The molecule has 0 bridgehead atoms. The number of hydrogen-bond donors (Lipinski definition) is 1. The van der Waals surface area contributed by atoms with Crippen LogP contribution in [-0.2, 0) is 4.79 Å². The van der Waals surface area contributed by atoms with Gasteiger partial charge in [0.25, 0.3) is 5.91 Å². The number of aromatic nitrogens is 3. The normalized spacial score (nSPS) is 18.2. The monoisotopic (exact) mass is 498 g/mol. The molecule has 4 heterocycles. The number of hydrogen-bond acceptors (Lipinski definition) is 7. The van der Waals surface area contributed by atoms with E-state index < -0.39 is 0 Å². The molecule has 36 heavy (non-hydrogen) atoms. The third-order valence-electron chi connectivity index (χ3n) is 7.07. The first-order chi connectivity index (χ1) is 17.5. The minimum Gasteiger partial charge on any atom is -0.495 e. The Bertz CT molecular complexity index is 1590. The third kappa shape index (κ3) is 3.78. The summed E-state index contributed by atoms with van der Waals surface area (Å²) in [6.45, 7) is 3.18. The Labute approximate surface area is 212 Å². The smallest absolute Gasteiger partial charge is 0.264 e. The highest BCUT2D eigenvalue weighted by molar-refractivity contribution is 7.22. The van der Waals surface area contributed by atoms with Crippen molar-refractivity contribution in [2.45, 2.75) is 32.2 Å². The first-order valence-corrected chi connectivity index (χ1v) is 12.9. The predicted molar refractivity (Wildman–Crippen MR) is 141 cm³/mol. The van der Waals surface area contributed by atoms with Crippen LogP contribution in [0.15, 0.2) is 42.4 Å². The van der Waals surface area contributed by atoms with Crippen molar-refractivity contribution in [3.05, 3.63) is 47.9 Å². The second-order valence-corrected chi connectivity index (χ2v) is 10.7. The van der Waals surface area contributed by atoms with Gasteiger partial charge in [-0.1, -0.05) is 12.1 Å². The third-order valence-corrected chi connectivity index (χ3v) is 8.27. The SMILES string of the molecule is COc1cc(C)cc2cc(-c3cn(C4CCN(C(=O)C(C#N)=CC5CC5)C4)c4ncnc(N)c34)sc12. The van der Waals surface area contributed by atoms with Crippen molar-refractivity contribution >= 4 is 44.2 Å². The maximum atomic E-state index is 13.0. The molecule has 2 N–H and O–H groups in total. The minimum atomic E-state index is -0.176. The maximum absolute atomic E-state index is 13.0. The van der Waals surface area contributed by atoms with E-state index >= 15 is 0 Å². The molecule has 0 radical (unpaired) electrons. The summed E-state index contributed by atoms with van der Waals surface area (Å²) in [5.74, 6) is 1.48. The Kier molecular flexibility index (Phi) is 5.41. The fourth-order valence-corrected chi connectivity index (χ4v) is 6.25. The number of rotatable bonds is 5. The summed E-state index contributed by atoms with van der Waals surface area (Å²) < 4.78 is 8.84. The Morgan fingerprint density at radius 3 is 2.86 bits per heavy atom. The van der Waals surface area contributed by atoms with Crippen LogP contribution in [0.1, 0.15) is 30.9 Å². The van der Waals surface area contributed by atoms with E-state index in [0.29, 0.717) is 24.8 Å². The van der Waals surface area contributed by atoms with Gasteiger partial charge in [-0.15, -0.1) is 11.3 Å². The molecular weight excluding hydrogens is 472 g/mol. The summed E-state index contributed by atoms with van der Waals surface area (Å²) in [5, 5.41) is 11.5. The summed E-state index contributed by atoms with van der Waals surface area (Å²) in [6.07, 6.45) is 8.31. The van der Waals surface area contributed by atoms with Gasteiger partial charge >= 0.3 is 0 Å². The molecule has 8 nitrogen and oxygen atoms in total. The molecule has 1 atom stereocenters. The van der Waals surface area contributed by atoms with Crippen molar-refractivity contribution in [1.29, 1.82) is 5.26 Å². The first kappa shape index (κ1) is 22.6. The predicted octanol–water partition coefficient (Wildman–Crippen LogP) is 4.85. The van der Waals surface area contributed by atoms with E-state index in [-0.39, 0.29) is 17.5 Å². The number of carbonyl (C=O) groups excluding carboxylic acids is 1. The van der Waals surface area contributed by atoms with Crippen LogP contribution in [0.4, 0.5) is 5.82 Å². The lowest BCUT2D eigenvalue weighted by Gasteiger charge is -2.17. The molecule has 6 rings (SSSR count). The summed E-state index contributed by atoms with van der Waals surface area (Å²) in [7, 11) is 1.69. The molecule has 1 aliphatic carbocycles. The molecule has 1 unspecified atom stereocenters. The lowest BCUT2D eigenvalue weighted by atomic mass is 10.1. The summed E-state index contributed by atoms with van der Waals surface area (Å²) in [4.78, 5) is 24.7. The number of nitrogens with zero attached hydrogens (tertiary/aromatic N) is 5. The second-order valence-electron chi connectivity index (χ2n) is 9.63. The highest BCUT2D eigenvalue weighted by Crippen LogP contribution is 2.44. The number of anilines is 1. The fraction of sp³-hybridized carbons (Fsp3) is 0.333. The molecule has 182 valence electrons. The molecule has 2 fully saturated rings. The number of allylic oxidation sites excluding steroid dienone is 1. The fourth-order valence-electron chi connectivity index (χ4n) is 5.10. The summed E-state index contributed by atoms with van der Waals surface area (Å²) in [5.41, 5.74) is 9.50. The maximum Gasteiger partial charge on any atom is 0.264 e. The molecule has 4 aromatic rings. The number of thiophene rings is 1. The molecule has 2 aliphatic rings. The van der Waals surface area contributed by atoms with E-state index in [1.165, 1.54) is 6.33 Å². The van der Waals surface area contributed by atoms with Gasteiger partial charge in [0.15, 0.2) is 0 Å². The van der Waals surface area contributed by atoms with Gasteiger partial charge in [-0.3, -0.25) is 4.79 Å². The van der Waals surface area contributed by atoms with Crippen LogP contribution < -0.4 is 10.5 Å². The van der Waals surface area contributed by atoms with Crippen LogP contribution in [0.3, 0.4) is 0 Å². The minimum absolute atomic E-state index is 0.0338. The number of methoxy groups -OCH3 is 1. The Hall–Kier alpha value is -3.90. The number of ether oxygens (including phenoxy) is 1. The van der Waals surface area contributed by atoms with Gasteiger partial charge in [0.1, 0.15) is 35.2 Å². The van der Waals surface area contributed by atoms with Gasteiger partial charge in [0.2, 0.25) is 0 Å². The van der Waals surface area contributed by atoms with Gasteiger partial charge in [0, 0.05) is 29.7 Å². The zero-order valence-corrected chi connectivity index (χ0v) is 21.0. The Morgan fingerprint density at radius 1 is 1.28 bits per heavy atom. The molecule has 0 spiro atoms. The van der Waals surface area contributed by atoms with Gasteiger partial charge in [-0.2, -0.15) is 5.26 Å². The zero-order valence-electron chi connectivity index (χ0n) is 20.2. The van der Waals surface area contributed by atoms with E-state index in [0.717, 1.165) is 62.1 Å². The van der Waals surface area contributed by atoms with Gasteiger partial charge in [-0.05, 0) is 55.2 Å². The van der Waals surface area contributed by atoms with Crippen LogP contribution in [0.2, 0.25) is 0 Å². The van der Waals surface area contributed by atoms with Crippen LogP contribution in [0.25, 0.3) is 31.6 Å². The lowest BCUT2D eigenvalue weighted by molar-refractivity contribution is -0.125.